The van der Waals surface area contributed by atoms with Gasteiger partial charge in [0.15, 0.2) is 0 Å². The minimum atomic E-state index is 0.622. The number of hydrogen-bond donors (Lipinski definition) is 1. The fraction of sp³-hybridized carbons (Fsp3) is 0.176. The molecule has 21 heavy (non-hydrogen) atoms. The Morgan fingerprint density at radius 2 is 2.10 bits per heavy atom. The number of rotatable bonds is 5. The van der Waals surface area contributed by atoms with E-state index in [-0.39, 0.29) is 0 Å². The second-order valence-corrected chi connectivity index (χ2v) is 5.88. The largest absolute Gasteiger partial charge is 0.492 e. The maximum Gasteiger partial charge on any atom is 0.137 e. The number of nitrogens with one attached hydrogen (secondary N) is 1. The van der Waals surface area contributed by atoms with Crippen molar-refractivity contribution in [1.29, 1.82) is 0 Å². The van der Waals surface area contributed by atoms with E-state index in [1.54, 1.807) is 11.3 Å². The summed E-state index contributed by atoms with van der Waals surface area (Å²) >= 11 is 7.94. The van der Waals surface area contributed by atoms with Gasteiger partial charge < -0.3 is 10.1 Å². The van der Waals surface area contributed by atoms with Crippen molar-refractivity contribution < 1.29 is 4.74 Å². The lowest BCUT2D eigenvalue weighted by Gasteiger charge is -2.10. The van der Waals surface area contributed by atoms with Gasteiger partial charge in [-0.2, -0.15) is 11.3 Å². The summed E-state index contributed by atoms with van der Waals surface area (Å²) in [4.78, 5) is 0. The van der Waals surface area contributed by atoms with Crippen LogP contribution in [0.5, 0.6) is 5.75 Å². The van der Waals surface area contributed by atoms with E-state index in [1.807, 2.05) is 25.1 Å². The summed E-state index contributed by atoms with van der Waals surface area (Å²) in [5, 5.41) is 11.0. The smallest absolute Gasteiger partial charge is 0.137 e. The molecular weight excluding hydrogens is 302 g/mol. The maximum atomic E-state index is 6.22. The van der Waals surface area contributed by atoms with E-state index >= 15 is 0 Å². The third-order valence-electron chi connectivity index (χ3n) is 3.30. The van der Waals surface area contributed by atoms with Crippen molar-refractivity contribution in [2.24, 2.45) is 0 Å². The van der Waals surface area contributed by atoms with Crippen LogP contribution in [0.25, 0.3) is 10.8 Å². The molecule has 0 atom stereocenters. The van der Waals surface area contributed by atoms with Crippen LogP contribution < -0.4 is 10.1 Å². The Balaban J connectivity index is 1.75. The number of hydrogen-bond acceptors (Lipinski definition) is 3. The van der Waals surface area contributed by atoms with Crippen LogP contribution in [0.2, 0.25) is 5.02 Å². The Bertz CT molecular complexity index is 753. The molecule has 0 bridgehead atoms. The first-order valence-electron chi connectivity index (χ1n) is 6.88. The second kappa shape index (κ2) is 6.37. The first kappa shape index (κ1) is 14.2. The Morgan fingerprint density at radius 1 is 1.19 bits per heavy atom. The lowest BCUT2D eigenvalue weighted by Crippen LogP contribution is -2.00. The Labute approximate surface area is 133 Å². The lowest BCUT2D eigenvalue weighted by atomic mass is 10.1. The normalized spacial score (nSPS) is 10.8. The molecule has 0 radical (unpaired) electrons. The molecule has 0 amide bonds. The predicted molar refractivity (Wildman–Crippen MR) is 91.8 cm³/mol. The van der Waals surface area contributed by atoms with Gasteiger partial charge in [-0.1, -0.05) is 29.8 Å². The van der Waals surface area contributed by atoms with Gasteiger partial charge in [0.05, 0.1) is 11.6 Å². The third-order valence-corrected chi connectivity index (χ3v) is 4.36. The summed E-state index contributed by atoms with van der Waals surface area (Å²) in [5.41, 5.74) is 2.29. The van der Waals surface area contributed by atoms with Crippen LogP contribution in [0, 0.1) is 0 Å². The Hall–Kier alpha value is -1.71. The van der Waals surface area contributed by atoms with E-state index < -0.39 is 0 Å². The molecule has 3 aromatic rings. The highest BCUT2D eigenvalue weighted by molar-refractivity contribution is 7.09. The summed E-state index contributed by atoms with van der Waals surface area (Å²) in [7, 11) is 0. The van der Waals surface area contributed by atoms with Crippen LogP contribution in [-0.4, -0.2) is 6.61 Å². The second-order valence-electron chi connectivity index (χ2n) is 4.73. The highest BCUT2D eigenvalue weighted by Gasteiger charge is 2.04. The van der Waals surface area contributed by atoms with Crippen molar-refractivity contribution in [2.75, 3.05) is 11.9 Å². The topological polar surface area (TPSA) is 21.3 Å². The molecule has 0 unspecified atom stereocenters. The zero-order valence-corrected chi connectivity index (χ0v) is 13.3. The van der Waals surface area contributed by atoms with Gasteiger partial charge in [-0.05, 0) is 41.5 Å². The maximum absolute atomic E-state index is 6.22. The van der Waals surface area contributed by atoms with Crippen LogP contribution in [0.3, 0.4) is 0 Å². The van der Waals surface area contributed by atoms with Crippen LogP contribution in [-0.2, 0) is 6.54 Å². The first-order valence-corrected chi connectivity index (χ1v) is 8.20. The number of anilines is 1. The number of fused-ring (bicyclic) bond motifs is 1. The minimum absolute atomic E-state index is 0.622. The zero-order chi connectivity index (χ0) is 14.7. The van der Waals surface area contributed by atoms with Gasteiger partial charge in [0.2, 0.25) is 0 Å². The van der Waals surface area contributed by atoms with Gasteiger partial charge in [-0.3, -0.25) is 0 Å². The minimum Gasteiger partial charge on any atom is -0.492 e. The van der Waals surface area contributed by atoms with Gasteiger partial charge in [-0.25, -0.2) is 0 Å². The quantitative estimate of drug-likeness (QED) is 0.664. The molecule has 0 aliphatic heterocycles. The SMILES string of the molecule is CCOc1ccc(CNc2cccc3cscc23)cc1Cl. The molecule has 2 nitrogen and oxygen atoms in total. The monoisotopic (exact) mass is 317 g/mol. The molecule has 2 aromatic carbocycles. The standard InChI is InChI=1S/C17H16ClNOS/c1-2-20-17-7-6-12(8-15(17)18)9-19-16-5-3-4-13-10-21-11-14(13)16/h3-8,10-11,19H,2,9H2,1H3. The highest BCUT2D eigenvalue weighted by Crippen LogP contribution is 2.28. The van der Waals surface area contributed by atoms with Crippen molar-refractivity contribution in [1.82, 2.24) is 0 Å². The molecule has 0 fully saturated rings. The number of ether oxygens (including phenoxy) is 1. The fourth-order valence-electron chi connectivity index (χ4n) is 2.27. The molecular formula is C17H16ClNOS. The number of thiophene rings is 1. The molecule has 0 aliphatic carbocycles. The van der Waals surface area contributed by atoms with Gasteiger partial charge in [0, 0.05) is 23.0 Å². The fourth-order valence-corrected chi connectivity index (χ4v) is 3.35. The van der Waals surface area contributed by atoms with E-state index in [9.17, 15) is 0 Å². The average molecular weight is 318 g/mol. The Morgan fingerprint density at radius 3 is 2.90 bits per heavy atom. The average Bonchev–Trinajstić information content (AvgIpc) is 2.97. The third kappa shape index (κ3) is 3.14. The Kier molecular flexibility index (Phi) is 4.32. The molecule has 0 saturated heterocycles. The van der Waals surface area contributed by atoms with Gasteiger partial charge in [-0.15, -0.1) is 0 Å². The summed E-state index contributed by atoms with van der Waals surface area (Å²) < 4.78 is 5.45. The molecule has 1 N–H and O–H groups in total. The molecule has 3 rings (SSSR count). The van der Waals surface area contributed by atoms with E-state index in [0.29, 0.717) is 11.6 Å². The lowest BCUT2D eigenvalue weighted by molar-refractivity contribution is 0.340. The molecule has 108 valence electrons. The highest BCUT2D eigenvalue weighted by atomic mass is 35.5. The molecule has 1 aromatic heterocycles. The van der Waals surface area contributed by atoms with E-state index in [2.05, 4.69) is 34.3 Å². The van der Waals surface area contributed by atoms with Crippen LogP contribution in [0.4, 0.5) is 5.69 Å². The van der Waals surface area contributed by atoms with Crippen molar-refractivity contribution in [2.45, 2.75) is 13.5 Å². The molecule has 0 aliphatic rings. The predicted octanol–water partition coefficient (Wildman–Crippen LogP) is 5.57. The first-order chi connectivity index (χ1) is 10.3. The number of benzene rings is 2. The van der Waals surface area contributed by atoms with Gasteiger partial charge in [0.25, 0.3) is 0 Å². The molecule has 4 heteroatoms. The molecule has 0 spiro atoms. The van der Waals surface area contributed by atoms with Crippen molar-refractivity contribution in [3.63, 3.8) is 0 Å². The summed E-state index contributed by atoms with van der Waals surface area (Å²) in [5.74, 6) is 0.739. The zero-order valence-electron chi connectivity index (χ0n) is 11.7. The number of halogens is 1. The van der Waals surface area contributed by atoms with Crippen LogP contribution >= 0.6 is 22.9 Å². The van der Waals surface area contributed by atoms with Crippen molar-refractivity contribution >= 4 is 39.4 Å². The molecule has 0 saturated carbocycles. The van der Waals surface area contributed by atoms with E-state index in [1.165, 1.54) is 10.8 Å². The van der Waals surface area contributed by atoms with Crippen LogP contribution in [0.15, 0.2) is 47.2 Å². The van der Waals surface area contributed by atoms with Gasteiger partial charge >= 0.3 is 0 Å². The van der Waals surface area contributed by atoms with Crippen molar-refractivity contribution in [3.05, 3.63) is 57.7 Å². The summed E-state index contributed by atoms with van der Waals surface area (Å²) in [6.07, 6.45) is 0. The van der Waals surface area contributed by atoms with Gasteiger partial charge in [0.1, 0.15) is 5.75 Å². The van der Waals surface area contributed by atoms with Crippen molar-refractivity contribution in [3.8, 4) is 5.75 Å². The molecule has 1 heterocycles. The summed E-state index contributed by atoms with van der Waals surface area (Å²) in [6.45, 7) is 3.31. The summed E-state index contributed by atoms with van der Waals surface area (Å²) in [6, 6.07) is 12.2. The van der Waals surface area contributed by atoms with Crippen LogP contribution in [0.1, 0.15) is 12.5 Å². The van der Waals surface area contributed by atoms with E-state index in [0.717, 1.165) is 23.5 Å². The van der Waals surface area contributed by atoms with E-state index in [4.69, 9.17) is 16.3 Å².